The number of amides is 1. The average molecular weight is 215 g/mol. The van der Waals surface area contributed by atoms with E-state index in [9.17, 15) is 4.79 Å². The molecule has 1 aliphatic rings. The van der Waals surface area contributed by atoms with E-state index in [-0.39, 0.29) is 17.9 Å². The van der Waals surface area contributed by atoms with Crippen LogP contribution in [-0.4, -0.2) is 17.4 Å². The van der Waals surface area contributed by atoms with E-state index in [1.54, 1.807) is 6.08 Å². The molecule has 2 atom stereocenters. The summed E-state index contributed by atoms with van der Waals surface area (Å²) < 4.78 is 0. The predicted octanol–water partition coefficient (Wildman–Crippen LogP) is 2.78. The third kappa shape index (κ3) is 1.64. The van der Waals surface area contributed by atoms with Gasteiger partial charge in [-0.1, -0.05) is 43.3 Å². The van der Waals surface area contributed by atoms with E-state index in [1.165, 1.54) is 5.56 Å². The van der Waals surface area contributed by atoms with Gasteiger partial charge in [0.25, 0.3) is 0 Å². The van der Waals surface area contributed by atoms with Crippen molar-refractivity contribution in [2.75, 3.05) is 6.54 Å². The Bertz CT molecular complexity index is 385. The van der Waals surface area contributed by atoms with Crippen LogP contribution in [0.5, 0.6) is 0 Å². The fourth-order valence-corrected chi connectivity index (χ4v) is 2.33. The fraction of sp³-hybridized carbons (Fsp3) is 0.357. The monoisotopic (exact) mass is 215 g/mol. The number of carbonyl (C=O) groups excluding carboxylic acids is 1. The number of likely N-dealkylation sites (tertiary alicyclic amines) is 1. The van der Waals surface area contributed by atoms with Crippen LogP contribution in [0, 0.1) is 5.92 Å². The Kier molecular flexibility index (Phi) is 3.09. The second-order valence-electron chi connectivity index (χ2n) is 4.15. The topological polar surface area (TPSA) is 20.3 Å². The van der Waals surface area contributed by atoms with Gasteiger partial charge in [-0.2, -0.15) is 0 Å². The van der Waals surface area contributed by atoms with Crippen molar-refractivity contribution in [2.24, 2.45) is 5.92 Å². The number of nitrogens with zero attached hydrogens (tertiary/aromatic N) is 1. The minimum absolute atomic E-state index is 0.0334. The molecule has 1 aliphatic heterocycles. The molecule has 2 heteroatoms. The second kappa shape index (κ2) is 4.52. The fourth-order valence-electron chi connectivity index (χ4n) is 2.33. The maximum absolute atomic E-state index is 11.8. The standard InChI is InChI=1S/C14H17NO/c1-3-10-15-13(12(4-2)14(15)16)11-8-6-5-7-9-11/h4-9,12-13H,2-3,10H2,1H3/t12-,13-/m1/s1. The molecule has 0 radical (unpaired) electrons. The van der Waals surface area contributed by atoms with Crippen LogP contribution < -0.4 is 0 Å². The Morgan fingerprint density at radius 1 is 1.38 bits per heavy atom. The molecular formula is C14H17NO. The van der Waals surface area contributed by atoms with E-state index in [4.69, 9.17) is 0 Å². The Labute approximate surface area is 96.6 Å². The van der Waals surface area contributed by atoms with Crippen molar-refractivity contribution in [3.63, 3.8) is 0 Å². The van der Waals surface area contributed by atoms with E-state index < -0.39 is 0 Å². The molecule has 2 rings (SSSR count). The lowest BCUT2D eigenvalue weighted by Gasteiger charge is -2.46. The summed E-state index contributed by atoms with van der Waals surface area (Å²) >= 11 is 0. The van der Waals surface area contributed by atoms with Gasteiger partial charge in [-0.15, -0.1) is 6.58 Å². The normalized spacial score (nSPS) is 24.1. The zero-order valence-corrected chi connectivity index (χ0v) is 9.60. The summed E-state index contributed by atoms with van der Waals surface area (Å²) in [5.74, 6) is 0.180. The molecule has 1 amide bonds. The zero-order chi connectivity index (χ0) is 11.5. The molecule has 1 saturated heterocycles. The van der Waals surface area contributed by atoms with E-state index in [1.807, 2.05) is 23.1 Å². The first-order chi connectivity index (χ1) is 7.79. The summed E-state index contributed by atoms with van der Waals surface area (Å²) in [5, 5.41) is 0. The van der Waals surface area contributed by atoms with Gasteiger partial charge in [0.2, 0.25) is 5.91 Å². The number of hydrogen-bond acceptors (Lipinski definition) is 1. The minimum Gasteiger partial charge on any atom is -0.334 e. The van der Waals surface area contributed by atoms with Crippen molar-refractivity contribution >= 4 is 5.91 Å². The first-order valence-electron chi connectivity index (χ1n) is 5.77. The van der Waals surface area contributed by atoms with Gasteiger partial charge in [0.05, 0.1) is 12.0 Å². The minimum atomic E-state index is -0.0334. The van der Waals surface area contributed by atoms with Gasteiger partial charge >= 0.3 is 0 Å². The SMILES string of the molecule is C=C[C@H]1C(=O)N(CCC)[C@@H]1c1ccccc1. The molecule has 16 heavy (non-hydrogen) atoms. The van der Waals surface area contributed by atoms with Gasteiger partial charge in [0.1, 0.15) is 0 Å². The van der Waals surface area contributed by atoms with Crippen LogP contribution in [-0.2, 0) is 4.79 Å². The van der Waals surface area contributed by atoms with Gasteiger partial charge in [-0.05, 0) is 12.0 Å². The highest BCUT2D eigenvalue weighted by atomic mass is 16.2. The maximum atomic E-state index is 11.8. The molecule has 1 aromatic rings. The number of carbonyl (C=O) groups is 1. The lowest BCUT2D eigenvalue weighted by atomic mass is 9.82. The maximum Gasteiger partial charge on any atom is 0.232 e. The largest absolute Gasteiger partial charge is 0.334 e. The Morgan fingerprint density at radius 2 is 2.06 bits per heavy atom. The molecule has 0 spiro atoms. The molecule has 1 aromatic carbocycles. The van der Waals surface area contributed by atoms with Gasteiger partial charge in [0, 0.05) is 6.54 Å². The first-order valence-corrected chi connectivity index (χ1v) is 5.77. The van der Waals surface area contributed by atoms with Crippen LogP contribution in [0.4, 0.5) is 0 Å². The number of β-lactam (4-membered cyclic amide) rings is 1. The highest BCUT2D eigenvalue weighted by Crippen LogP contribution is 2.40. The number of rotatable bonds is 4. The highest BCUT2D eigenvalue weighted by Gasteiger charge is 2.45. The summed E-state index contributed by atoms with van der Waals surface area (Å²) in [5.41, 5.74) is 1.21. The smallest absolute Gasteiger partial charge is 0.232 e. The van der Waals surface area contributed by atoms with Crippen molar-refractivity contribution in [1.82, 2.24) is 4.90 Å². The molecule has 1 fully saturated rings. The molecule has 0 aliphatic carbocycles. The van der Waals surface area contributed by atoms with Crippen LogP contribution in [0.15, 0.2) is 43.0 Å². The van der Waals surface area contributed by atoms with Crippen molar-refractivity contribution in [3.8, 4) is 0 Å². The van der Waals surface area contributed by atoms with E-state index in [0.717, 1.165) is 13.0 Å². The Hall–Kier alpha value is -1.57. The quantitative estimate of drug-likeness (QED) is 0.558. The third-order valence-electron chi connectivity index (χ3n) is 3.10. The number of hydrogen-bond donors (Lipinski definition) is 0. The van der Waals surface area contributed by atoms with Crippen LogP contribution in [0.2, 0.25) is 0 Å². The van der Waals surface area contributed by atoms with Crippen LogP contribution in [0.3, 0.4) is 0 Å². The summed E-state index contributed by atoms with van der Waals surface area (Å²) in [6.07, 6.45) is 2.77. The average Bonchev–Trinajstić information content (AvgIpc) is 2.33. The van der Waals surface area contributed by atoms with Crippen molar-refractivity contribution < 1.29 is 4.79 Å². The molecule has 84 valence electrons. The second-order valence-corrected chi connectivity index (χ2v) is 4.15. The molecule has 2 nitrogen and oxygen atoms in total. The third-order valence-corrected chi connectivity index (χ3v) is 3.10. The summed E-state index contributed by atoms with van der Waals surface area (Å²) in [7, 11) is 0. The molecule has 0 bridgehead atoms. The van der Waals surface area contributed by atoms with Crippen LogP contribution in [0.1, 0.15) is 24.9 Å². The van der Waals surface area contributed by atoms with Crippen molar-refractivity contribution in [1.29, 1.82) is 0 Å². The lowest BCUT2D eigenvalue weighted by Crippen LogP contribution is -2.54. The van der Waals surface area contributed by atoms with Gasteiger partial charge < -0.3 is 4.90 Å². The van der Waals surface area contributed by atoms with Gasteiger partial charge in [0.15, 0.2) is 0 Å². The summed E-state index contributed by atoms with van der Waals surface area (Å²) in [4.78, 5) is 13.8. The first kappa shape index (κ1) is 10.9. The van der Waals surface area contributed by atoms with E-state index in [0.29, 0.717) is 0 Å². The lowest BCUT2D eigenvalue weighted by molar-refractivity contribution is -0.153. The van der Waals surface area contributed by atoms with Crippen LogP contribution >= 0.6 is 0 Å². The summed E-state index contributed by atoms with van der Waals surface area (Å²) in [6, 6.07) is 10.4. The van der Waals surface area contributed by atoms with Crippen LogP contribution in [0.25, 0.3) is 0 Å². The summed E-state index contributed by atoms with van der Waals surface area (Å²) in [6.45, 7) is 6.69. The molecular weight excluding hydrogens is 198 g/mol. The Balaban J connectivity index is 2.23. The van der Waals surface area contributed by atoms with Crippen molar-refractivity contribution in [2.45, 2.75) is 19.4 Å². The van der Waals surface area contributed by atoms with Gasteiger partial charge in [-0.3, -0.25) is 4.79 Å². The van der Waals surface area contributed by atoms with Gasteiger partial charge in [-0.25, -0.2) is 0 Å². The zero-order valence-electron chi connectivity index (χ0n) is 9.60. The highest BCUT2D eigenvalue weighted by molar-refractivity contribution is 5.88. The van der Waals surface area contributed by atoms with Crippen molar-refractivity contribution in [3.05, 3.63) is 48.6 Å². The van der Waals surface area contributed by atoms with E-state index in [2.05, 4.69) is 25.6 Å². The number of benzene rings is 1. The molecule has 0 saturated carbocycles. The molecule has 1 heterocycles. The predicted molar refractivity (Wildman–Crippen MR) is 64.9 cm³/mol. The molecule has 0 unspecified atom stereocenters. The molecule has 0 N–H and O–H groups in total. The van der Waals surface area contributed by atoms with E-state index >= 15 is 0 Å². The molecule has 0 aromatic heterocycles. The Morgan fingerprint density at radius 3 is 2.62 bits per heavy atom.